The number of rotatable bonds is 14. The minimum atomic E-state index is -0.533. The van der Waals surface area contributed by atoms with E-state index in [0.717, 1.165) is 48.0 Å². The average molecular weight is 689 g/mol. The number of phenolic OH excluding ortho intramolecular Hbond substituents is 4. The lowest BCUT2D eigenvalue weighted by atomic mass is 9.73. The zero-order valence-electron chi connectivity index (χ0n) is 31.3. The Bertz CT molecular complexity index is 1510. The fraction of sp³-hybridized carbons (Fsp3) is 0.524. The van der Waals surface area contributed by atoms with Crippen molar-refractivity contribution in [2.45, 2.75) is 117 Å². The van der Waals surface area contributed by atoms with E-state index in [1.807, 2.05) is 41.5 Å². The van der Waals surface area contributed by atoms with Gasteiger partial charge in [0.25, 0.3) is 0 Å². The van der Waals surface area contributed by atoms with E-state index in [-0.39, 0.29) is 65.0 Å². The Kier molecular flexibility index (Phi) is 11.9. The third-order valence-electron chi connectivity index (χ3n) is 11.1. The zero-order chi connectivity index (χ0) is 37.1. The lowest BCUT2D eigenvalue weighted by Gasteiger charge is -2.32. The maximum atomic E-state index is 12.5. The molecule has 8 nitrogen and oxygen atoms in total. The minimum Gasteiger partial charge on any atom is -0.507 e. The van der Waals surface area contributed by atoms with Crippen LogP contribution < -0.4 is 0 Å². The number of allylic oxidation sites excluding steroid dienone is 6. The van der Waals surface area contributed by atoms with Crippen LogP contribution in [0.5, 0.6) is 23.0 Å². The summed E-state index contributed by atoms with van der Waals surface area (Å²) in [6.45, 7) is 24.4. The van der Waals surface area contributed by atoms with E-state index in [0.29, 0.717) is 24.0 Å². The standard InChI is InChI=1S/C42H57NO7/c1-25(2)31-13-11-27(5)19-33(31)39-35(44)21-29(22-36(39)45)41(7,8)15-17-49-43(48)50-18-16-42(9,10)30-23-37(46)40(38(47)24-30)34-20-28(6)12-14-32(34)26(3)4/h19-24,31-34H,1,3,11-18H2,2,4-10H3,(H3-,44,45,46,47)/p+1/t31-,32-,33+,34+/m0/s1. The Hall–Kier alpha value is -4.20. The highest BCUT2D eigenvalue weighted by molar-refractivity contribution is 5.54. The molecule has 0 spiro atoms. The molecule has 2 aliphatic rings. The highest BCUT2D eigenvalue weighted by atomic mass is 17.0. The van der Waals surface area contributed by atoms with Crippen molar-refractivity contribution in [2.24, 2.45) is 11.8 Å². The van der Waals surface area contributed by atoms with Crippen LogP contribution >= 0.6 is 0 Å². The van der Waals surface area contributed by atoms with Crippen molar-refractivity contribution < 1.29 is 35.2 Å². The van der Waals surface area contributed by atoms with Gasteiger partial charge in [0.1, 0.15) is 27.9 Å². The van der Waals surface area contributed by atoms with Gasteiger partial charge in [-0.2, -0.15) is 9.68 Å². The van der Waals surface area contributed by atoms with Gasteiger partial charge < -0.3 is 20.4 Å². The van der Waals surface area contributed by atoms with Gasteiger partial charge in [0, 0.05) is 23.0 Å². The Morgan fingerprint density at radius 3 is 1.32 bits per heavy atom. The van der Waals surface area contributed by atoms with Gasteiger partial charge in [-0.05, 0) is 124 Å². The predicted molar refractivity (Wildman–Crippen MR) is 198 cm³/mol. The molecule has 0 radical (unpaired) electrons. The van der Waals surface area contributed by atoms with E-state index in [4.69, 9.17) is 9.68 Å². The third-order valence-corrected chi connectivity index (χ3v) is 11.1. The Morgan fingerprint density at radius 2 is 1.02 bits per heavy atom. The normalized spacial score (nSPS) is 21.2. The molecule has 0 amide bonds. The number of hydrogen-bond acceptors (Lipinski definition) is 7. The van der Waals surface area contributed by atoms with Gasteiger partial charge in [0.15, 0.2) is 13.2 Å². The SMILES string of the molecule is C=C(C)[C@@H]1CCC(C)=C[C@H]1c1c(O)cc(C(C)(C)CCO[N+](=O)OCCC(C)(C)c2cc(O)c([C@@H]3C=C(C)CC[C@H]3C(=C)C)c(O)c2)cc1O. The summed E-state index contributed by atoms with van der Waals surface area (Å²) in [5, 5.41) is 44.6. The first-order valence-corrected chi connectivity index (χ1v) is 17.8. The summed E-state index contributed by atoms with van der Waals surface area (Å²) in [4.78, 5) is 23.1. The molecule has 0 saturated heterocycles. The van der Waals surface area contributed by atoms with E-state index in [1.54, 1.807) is 24.3 Å². The molecule has 4 rings (SSSR count). The van der Waals surface area contributed by atoms with Gasteiger partial charge in [-0.25, -0.2) is 0 Å². The number of hydrogen-bond donors (Lipinski definition) is 4. The maximum absolute atomic E-state index is 12.5. The van der Waals surface area contributed by atoms with Crippen molar-refractivity contribution in [3.05, 3.63) is 99.0 Å². The average Bonchev–Trinajstić information content (AvgIpc) is 3.00. The van der Waals surface area contributed by atoms with E-state index in [1.165, 1.54) is 11.1 Å². The first-order valence-electron chi connectivity index (χ1n) is 17.8. The molecule has 0 aliphatic heterocycles. The minimum absolute atomic E-state index is 0.0425. The van der Waals surface area contributed by atoms with Crippen molar-refractivity contribution in [2.75, 3.05) is 13.2 Å². The monoisotopic (exact) mass is 688 g/mol. The van der Waals surface area contributed by atoms with E-state index >= 15 is 0 Å². The Morgan fingerprint density at radius 1 is 0.700 bits per heavy atom. The molecule has 8 heteroatoms. The molecule has 2 aliphatic carbocycles. The van der Waals surface area contributed by atoms with E-state index < -0.39 is 10.8 Å². The summed E-state index contributed by atoms with van der Waals surface area (Å²) in [5.74, 6) is 0.153. The summed E-state index contributed by atoms with van der Waals surface area (Å²) in [6.07, 6.45) is 8.87. The van der Waals surface area contributed by atoms with Crippen LogP contribution in [0.1, 0.15) is 128 Å². The van der Waals surface area contributed by atoms with Gasteiger partial charge in [0.05, 0.1) is 0 Å². The Balaban J connectivity index is 1.33. The number of benzene rings is 2. The molecule has 0 bridgehead atoms. The molecular weight excluding hydrogens is 630 g/mol. The number of aromatic hydroxyl groups is 4. The van der Waals surface area contributed by atoms with Crippen molar-refractivity contribution >= 4 is 0 Å². The first kappa shape index (κ1) is 38.6. The molecule has 0 aromatic heterocycles. The van der Waals surface area contributed by atoms with Crippen molar-refractivity contribution in [3.8, 4) is 23.0 Å². The second-order valence-electron chi connectivity index (χ2n) is 16.1. The quantitative estimate of drug-likeness (QED) is 0.115. The second kappa shape index (κ2) is 15.4. The lowest BCUT2D eigenvalue weighted by molar-refractivity contribution is -0.981. The van der Waals surface area contributed by atoms with Crippen LogP contribution in [-0.4, -0.2) is 38.7 Å². The van der Waals surface area contributed by atoms with Crippen molar-refractivity contribution in [1.29, 1.82) is 0 Å². The second-order valence-corrected chi connectivity index (χ2v) is 16.1. The molecule has 4 atom stereocenters. The molecule has 0 unspecified atom stereocenters. The largest absolute Gasteiger partial charge is 0.507 e. The van der Waals surface area contributed by atoms with E-state index in [9.17, 15) is 25.3 Å². The molecule has 0 fully saturated rings. The number of nitrogens with zero attached hydrogens (tertiary/aromatic N) is 1. The van der Waals surface area contributed by atoms with Gasteiger partial charge in [-0.15, -0.1) is 0 Å². The Labute approximate surface area is 298 Å². The summed E-state index contributed by atoms with van der Waals surface area (Å²) in [7, 11) is 0. The van der Waals surface area contributed by atoms with Crippen molar-refractivity contribution in [1.82, 2.24) is 0 Å². The van der Waals surface area contributed by atoms with Crippen LogP contribution in [0.4, 0.5) is 0 Å². The molecule has 2 aromatic rings. The molecule has 272 valence electrons. The van der Waals surface area contributed by atoms with Gasteiger partial charge >= 0.3 is 5.09 Å². The molecule has 4 N–H and O–H groups in total. The maximum Gasteiger partial charge on any atom is 0.477 e. The fourth-order valence-electron chi connectivity index (χ4n) is 7.60. The van der Waals surface area contributed by atoms with Crippen LogP contribution in [-0.2, 0) is 20.5 Å². The van der Waals surface area contributed by atoms with Gasteiger partial charge in [0.2, 0.25) is 0 Å². The molecule has 2 aromatic carbocycles. The third kappa shape index (κ3) is 8.74. The first-order chi connectivity index (χ1) is 23.3. The fourth-order valence-corrected chi connectivity index (χ4v) is 7.60. The number of phenols is 4. The molecule has 0 heterocycles. The molecule has 0 saturated carbocycles. The summed E-state index contributed by atoms with van der Waals surface area (Å²) < 4.78 is 0. The molecular formula is C42H58NO7+. The highest BCUT2D eigenvalue weighted by Crippen LogP contribution is 2.49. The van der Waals surface area contributed by atoms with Crippen LogP contribution in [0.15, 0.2) is 71.9 Å². The van der Waals surface area contributed by atoms with Gasteiger partial charge in [-0.3, -0.25) is 0 Å². The summed E-state index contributed by atoms with van der Waals surface area (Å²) in [6, 6.07) is 6.79. The lowest BCUT2D eigenvalue weighted by Crippen LogP contribution is -2.24. The van der Waals surface area contributed by atoms with Crippen LogP contribution in [0.3, 0.4) is 0 Å². The van der Waals surface area contributed by atoms with Gasteiger partial charge in [-0.1, -0.05) is 75.3 Å². The molecule has 50 heavy (non-hydrogen) atoms. The van der Waals surface area contributed by atoms with Crippen LogP contribution in [0.25, 0.3) is 0 Å². The predicted octanol–water partition coefficient (Wildman–Crippen LogP) is 10.2. The summed E-state index contributed by atoms with van der Waals surface area (Å²) in [5.41, 5.74) is 5.94. The van der Waals surface area contributed by atoms with Crippen LogP contribution in [0.2, 0.25) is 0 Å². The van der Waals surface area contributed by atoms with E-state index in [2.05, 4.69) is 39.2 Å². The zero-order valence-corrected chi connectivity index (χ0v) is 31.3. The van der Waals surface area contributed by atoms with Crippen molar-refractivity contribution in [3.63, 3.8) is 0 Å². The van der Waals surface area contributed by atoms with Crippen LogP contribution in [0, 0.1) is 16.7 Å². The topological polar surface area (TPSA) is 119 Å². The highest BCUT2D eigenvalue weighted by Gasteiger charge is 2.34. The summed E-state index contributed by atoms with van der Waals surface area (Å²) >= 11 is 0. The smallest absolute Gasteiger partial charge is 0.477 e.